The Balaban J connectivity index is 1.20. The zero-order valence-electron chi connectivity index (χ0n) is 24.5. The van der Waals surface area contributed by atoms with Crippen LogP contribution in [0.2, 0.25) is 0 Å². The van der Waals surface area contributed by atoms with Crippen molar-refractivity contribution in [3.05, 3.63) is 89.0 Å². The van der Waals surface area contributed by atoms with Gasteiger partial charge in [-0.05, 0) is 104 Å². The van der Waals surface area contributed by atoms with Crippen molar-refractivity contribution in [1.82, 2.24) is 9.80 Å². The lowest BCUT2D eigenvalue weighted by Gasteiger charge is -2.60. The normalized spacial score (nSPS) is 34.9. The summed E-state index contributed by atoms with van der Waals surface area (Å²) in [5.74, 6) is 5.22. The van der Waals surface area contributed by atoms with Gasteiger partial charge in [-0.15, -0.1) is 0 Å². The molecule has 5 unspecified atom stereocenters. The lowest BCUT2D eigenvalue weighted by Crippen LogP contribution is -2.64. The van der Waals surface area contributed by atoms with Crippen LogP contribution in [-0.4, -0.2) is 48.6 Å². The van der Waals surface area contributed by atoms with Gasteiger partial charge >= 0.3 is 0 Å². The zero-order valence-corrected chi connectivity index (χ0v) is 24.5. The maximum absolute atomic E-state index is 6.93. The van der Waals surface area contributed by atoms with Gasteiger partial charge in [0.2, 0.25) is 0 Å². The Labute approximate surface area is 244 Å². The summed E-state index contributed by atoms with van der Waals surface area (Å²) in [5.41, 5.74) is 6.26. The van der Waals surface area contributed by atoms with Crippen molar-refractivity contribution in [2.45, 2.75) is 69.5 Å². The fraction of sp³-hybridized carbons (Fsp3) is 0.514. The molecule has 5 fully saturated rings. The number of methoxy groups -OCH3 is 1. The second-order valence-corrected chi connectivity index (χ2v) is 14.3. The molecule has 3 aromatic rings. The Morgan fingerprint density at radius 3 is 2.54 bits per heavy atom. The van der Waals surface area contributed by atoms with Gasteiger partial charge in [0.25, 0.3) is 0 Å². The van der Waals surface area contributed by atoms with Crippen molar-refractivity contribution in [1.29, 1.82) is 0 Å². The smallest absolute Gasteiger partial charge is 0.173 e. The van der Waals surface area contributed by atoms with Crippen molar-refractivity contribution >= 4 is 0 Å². The van der Waals surface area contributed by atoms with E-state index in [1.807, 2.05) is 7.11 Å². The maximum Gasteiger partial charge on any atom is 0.173 e. The van der Waals surface area contributed by atoms with Crippen LogP contribution in [0.1, 0.15) is 54.4 Å². The first-order chi connectivity index (χ1) is 20.1. The Hall–Kier alpha value is -2.82. The Bertz CT molecular complexity index is 1480. The monoisotopic (exact) mass is 546 g/mol. The van der Waals surface area contributed by atoms with E-state index < -0.39 is 0 Å². The highest BCUT2D eigenvalue weighted by molar-refractivity contribution is 5.62. The van der Waals surface area contributed by atoms with Crippen LogP contribution in [0, 0.1) is 30.1 Å². The topological polar surface area (TPSA) is 24.9 Å². The van der Waals surface area contributed by atoms with Crippen molar-refractivity contribution in [2.75, 3.05) is 26.7 Å². The Kier molecular flexibility index (Phi) is 5.34. The lowest BCUT2D eigenvalue weighted by molar-refractivity contribution is -0.0439. The molecule has 4 aliphatic carbocycles. The molecule has 0 spiro atoms. The fourth-order valence-corrected chi connectivity index (χ4v) is 10.9. The summed E-state index contributed by atoms with van der Waals surface area (Å²) in [6, 6.07) is 25.6. The molecule has 0 radical (unpaired) electrons. The highest BCUT2D eigenvalue weighted by Crippen LogP contribution is 2.79. The van der Waals surface area contributed by atoms with Crippen LogP contribution in [0.15, 0.2) is 66.7 Å². The van der Waals surface area contributed by atoms with E-state index in [9.17, 15) is 0 Å². The van der Waals surface area contributed by atoms with E-state index >= 15 is 0 Å². The molecule has 0 amide bonds. The molecule has 2 heterocycles. The minimum Gasteiger partial charge on any atom is -0.493 e. The van der Waals surface area contributed by atoms with E-state index in [1.54, 1.807) is 0 Å². The van der Waals surface area contributed by atoms with Crippen LogP contribution in [-0.2, 0) is 18.4 Å². The molecule has 4 bridgehead atoms. The van der Waals surface area contributed by atoms with E-state index in [-0.39, 0.29) is 5.41 Å². The maximum atomic E-state index is 6.93. The Morgan fingerprint density at radius 2 is 1.76 bits per heavy atom. The van der Waals surface area contributed by atoms with Gasteiger partial charge in [-0.2, -0.15) is 0 Å². The standard InChI is InChI=1S/C37H42N2O2/c1-24-8-13-29(14-9-24)41-35-31(40-2)15-12-27-18-32-36-19-28-23-39(22-25-6-4-3-5-7-25)30(20-36)33(28)37(36,34(27)35)16-17-38(32)21-26-10-11-26/h3-9,12-15,26,28,30,32-33H,10-11,16-23H2,1-2H3/t28?,30?,32-,33?,36?,37?/m1/s1. The van der Waals surface area contributed by atoms with Gasteiger partial charge in [0.15, 0.2) is 11.5 Å². The highest BCUT2D eigenvalue weighted by Gasteiger charge is 2.79. The van der Waals surface area contributed by atoms with Gasteiger partial charge in [-0.3, -0.25) is 9.80 Å². The summed E-state index contributed by atoms with van der Waals surface area (Å²) >= 11 is 0. The van der Waals surface area contributed by atoms with Gasteiger partial charge in [0.1, 0.15) is 5.75 Å². The molecule has 0 N–H and O–H groups in total. The van der Waals surface area contributed by atoms with Crippen molar-refractivity contribution in [3.63, 3.8) is 0 Å². The third kappa shape index (κ3) is 3.41. The van der Waals surface area contributed by atoms with E-state index in [4.69, 9.17) is 9.47 Å². The van der Waals surface area contributed by atoms with E-state index in [2.05, 4.69) is 83.5 Å². The average Bonchev–Trinajstić information content (AvgIpc) is 3.62. The fourth-order valence-electron chi connectivity index (χ4n) is 10.9. The number of hydrogen-bond donors (Lipinski definition) is 0. The summed E-state index contributed by atoms with van der Waals surface area (Å²) in [6.45, 7) is 7.02. The minimum atomic E-state index is 0.167. The van der Waals surface area contributed by atoms with Crippen LogP contribution >= 0.6 is 0 Å². The van der Waals surface area contributed by atoms with Crippen LogP contribution in [0.5, 0.6) is 17.2 Å². The quantitative estimate of drug-likeness (QED) is 0.319. The van der Waals surface area contributed by atoms with E-state index in [0.29, 0.717) is 23.4 Å². The van der Waals surface area contributed by atoms with Crippen LogP contribution in [0.4, 0.5) is 0 Å². The SMILES string of the molecule is COc1ccc2c(c1Oc1ccc(C)cc1)C13CCN(CC4CC4)[C@H](C2)C12CC1CN(Cc4ccccc4)C(C2)C13. The molecular weight excluding hydrogens is 504 g/mol. The summed E-state index contributed by atoms with van der Waals surface area (Å²) in [4.78, 5) is 5.85. The third-order valence-electron chi connectivity index (χ3n) is 12.3. The van der Waals surface area contributed by atoms with Crippen molar-refractivity contribution < 1.29 is 9.47 Å². The molecule has 4 nitrogen and oxygen atoms in total. The molecule has 9 rings (SSSR count). The van der Waals surface area contributed by atoms with Gasteiger partial charge in [-0.1, -0.05) is 54.1 Å². The molecule has 3 aromatic carbocycles. The summed E-state index contributed by atoms with van der Waals surface area (Å²) in [6.07, 6.45) is 8.00. The van der Waals surface area contributed by atoms with Crippen LogP contribution in [0.25, 0.3) is 0 Å². The predicted octanol–water partition coefficient (Wildman–Crippen LogP) is 6.98. The highest BCUT2D eigenvalue weighted by atomic mass is 16.5. The van der Waals surface area contributed by atoms with Gasteiger partial charge in [0, 0.05) is 42.7 Å². The second kappa shape index (κ2) is 8.84. The van der Waals surface area contributed by atoms with Crippen LogP contribution < -0.4 is 9.47 Å². The second-order valence-electron chi connectivity index (χ2n) is 14.3. The number of fused-ring (bicyclic) bond motifs is 1. The van der Waals surface area contributed by atoms with E-state index in [1.165, 1.54) is 74.0 Å². The first-order valence-electron chi connectivity index (χ1n) is 16.1. The number of piperidine rings is 1. The molecule has 41 heavy (non-hydrogen) atoms. The number of hydrogen-bond acceptors (Lipinski definition) is 4. The molecule has 6 aliphatic rings. The molecule has 0 aromatic heterocycles. The van der Waals surface area contributed by atoms with Crippen molar-refractivity contribution in [2.24, 2.45) is 23.2 Å². The number of aryl methyl sites for hydroxylation is 1. The molecule has 2 aliphatic heterocycles. The average molecular weight is 547 g/mol. The molecular formula is C37H42N2O2. The summed E-state index contributed by atoms with van der Waals surface area (Å²) in [5, 5.41) is 0. The summed E-state index contributed by atoms with van der Waals surface area (Å²) in [7, 11) is 1.82. The van der Waals surface area contributed by atoms with Crippen molar-refractivity contribution in [3.8, 4) is 17.2 Å². The minimum absolute atomic E-state index is 0.167. The molecule has 6 atom stereocenters. The first kappa shape index (κ1) is 24.7. The largest absolute Gasteiger partial charge is 0.493 e. The van der Waals surface area contributed by atoms with Gasteiger partial charge < -0.3 is 9.47 Å². The first-order valence-corrected chi connectivity index (χ1v) is 16.1. The Morgan fingerprint density at radius 1 is 0.927 bits per heavy atom. The van der Waals surface area contributed by atoms with Crippen LogP contribution in [0.3, 0.4) is 0 Å². The number of nitrogens with zero attached hydrogens (tertiary/aromatic N) is 2. The zero-order chi connectivity index (χ0) is 27.3. The number of likely N-dealkylation sites (tertiary alicyclic amines) is 2. The van der Waals surface area contributed by atoms with Gasteiger partial charge in [0.05, 0.1) is 7.11 Å². The third-order valence-corrected chi connectivity index (χ3v) is 12.3. The lowest BCUT2D eigenvalue weighted by atomic mass is 9.50. The number of rotatable bonds is 7. The van der Waals surface area contributed by atoms with Gasteiger partial charge in [-0.25, -0.2) is 0 Å². The number of ether oxygens (including phenoxy) is 2. The molecule has 2 saturated heterocycles. The summed E-state index contributed by atoms with van der Waals surface area (Å²) < 4.78 is 13.0. The molecule has 4 heteroatoms. The molecule has 3 saturated carbocycles. The number of benzene rings is 3. The molecule has 212 valence electrons. The van der Waals surface area contributed by atoms with E-state index in [0.717, 1.165) is 42.0 Å². The predicted molar refractivity (Wildman–Crippen MR) is 162 cm³/mol.